The number of imidazole rings is 1. The van der Waals surface area contributed by atoms with Gasteiger partial charge >= 0.3 is 0 Å². The summed E-state index contributed by atoms with van der Waals surface area (Å²) in [5, 5.41) is 4.29. The molecule has 0 aliphatic carbocycles. The lowest BCUT2D eigenvalue weighted by atomic mass is 9.97. The monoisotopic (exact) mass is 417 g/mol. The Labute approximate surface area is 177 Å². The molecule has 5 rings (SSSR count). The van der Waals surface area contributed by atoms with E-state index >= 15 is 0 Å². The van der Waals surface area contributed by atoms with E-state index in [0.29, 0.717) is 11.3 Å². The average Bonchev–Trinajstić information content (AvgIpc) is 3.36. The van der Waals surface area contributed by atoms with Gasteiger partial charge in [-0.2, -0.15) is 0 Å². The Morgan fingerprint density at radius 2 is 1.90 bits per heavy atom. The van der Waals surface area contributed by atoms with Crippen molar-refractivity contribution in [1.29, 1.82) is 0 Å². The Balaban J connectivity index is 1.62. The van der Waals surface area contributed by atoms with Crippen LogP contribution in [-0.4, -0.2) is 26.5 Å². The summed E-state index contributed by atoms with van der Waals surface area (Å²) in [4.78, 5) is 15.1. The second-order valence-corrected chi connectivity index (χ2v) is 7.58. The Kier molecular flexibility index (Phi) is 4.75. The van der Waals surface area contributed by atoms with E-state index in [4.69, 9.17) is 0 Å². The molecule has 0 aliphatic rings. The molecule has 0 fully saturated rings. The molecule has 5 aromatic rings. The first-order valence-corrected chi connectivity index (χ1v) is 10.2. The second kappa shape index (κ2) is 7.59. The summed E-state index contributed by atoms with van der Waals surface area (Å²) in [7, 11) is 0. The summed E-state index contributed by atoms with van der Waals surface area (Å²) in [5.74, 6) is -0.835. The first-order valence-electron chi connectivity index (χ1n) is 10.2. The van der Waals surface area contributed by atoms with E-state index in [1.165, 1.54) is 11.6 Å². The molecule has 3 N–H and O–H groups in total. The topological polar surface area (TPSA) is 69.4 Å². The zero-order valence-electron chi connectivity index (χ0n) is 17.2. The minimum absolute atomic E-state index is 0.123. The van der Waals surface area contributed by atoms with Crippen molar-refractivity contribution in [3.63, 3.8) is 0 Å². The van der Waals surface area contributed by atoms with Crippen molar-refractivity contribution >= 4 is 21.9 Å². The molecule has 0 amide bonds. The summed E-state index contributed by atoms with van der Waals surface area (Å²) < 4.78 is 27.7. The highest BCUT2D eigenvalue weighted by Gasteiger charge is 2.15. The van der Waals surface area contributed by atoms with Gasteiger partial charge in [0.1, 0.15) is 17.2 Å². The van der Waals surface area contributed by atoms with Crippen LogP contribution >= 0.6 is 0 Å². The average molecular weight is 417 g/mol. The van der Waals surface area contributed by atoms with Crippen LogP contribution in [0.15, 0.2) is 48.9 Å². The zero-order valence-corrected chi connectivity index (χ0v) is 17.2. The molecule has 156 valence electrons. The predicted molar refractivity (Wildman–Crippen MR) is 119 cm³/mol. The normalized spacial score (nSPS) is 11.6. The van der Waals surface area contributed by atoms with Crippen molar-refractivity contribution in [3.05, 3.63) is 71.7 Å². The maximum Gasteiger partial charge on any atom is 0.153 e. The molecule has 31 heavy (non-hydrogen) atoms. The maximum atomic E-state index is 14.1. The number of fused-ring (bicyclic) bond motifs is 2. The molecule has 0 saturated heterocycles. The molecular formula is C24H21F2N5. The molecular weight excluding hydrogens is 396 g/mol. The number of hydrogen-bond donors (Lipinski definition) is 3. The number of pyridine rings is 1. The number of benzene rings is 2. The van der Waals surface area contributed by atoms with Gasteiger partial charge in [-0.15, -0.1) is 0 Å². The van der Waals surface area contributed by atoms with Gasteiger partial charge in [0.05, 0.1) is 5.52 Å². The Morgan fingerprint density at radius 3 is 2.74 bits per heavy atom. The molecule has 0 saturated carbocycles. The number of aromatic amines is 2. The number of rotatable bonds is 5. The fourth-order valence-electron chi connectivity index (χ4n) is 3.95. The van der Waals surface area contributed by atoms with Crippen LogP contribution in [0.2, 0.25) is 0 Å². The van der Waals surface area contributed by atoms with Gasteiger partial charge in [0.15, 0.2) is 5.82 Å². The highest BCUT2D eigenvalue weighted by Crippen LogP contribution is 2.33. The molecule has 3 aromatic heterocycles. The molecule has 0 bridgehead atoms. The van der Waals surface area contributed by atoms with Crippen molar-refractivity contribution in [3.8, 4) is 22.5 Å². The third kappa shape index (κ3) is 3.37. The minimum Gasteiger partial charge on any atom is -0.360 e. The number of aromatic nitrogens is 4. The Morgan fingerprint density at radius 1 is 1.03 bits per heavy atom. The second-order valence-electron chi connectivity index (χ2n) is 7.58. The molecule has 5 nitrogen and oxygen atoms in total. The van der Waals surface area contributed by atoms with Crippen molar-refractivity contribution in [2.75, 3.05) is 6.54 Å². The van der Waals surface area contributed by atoms with E-state index in [1.54, 1.807) is 0 Å². The summed E-state index contributed by atoms with van der Waals surface area (Å²) in [6, 6.07) is 8.23. The van der Waals surface area contributed by atoms with Crippen molar-refractivity contribution in [2.45, 2.75) is 20.4 Å². The molecule has 0 atom stereocenters. The number of nitrogens with one attached hydrogen (secondary N) is 3. The third-order valence-electron chi connectivity index (χ3n) is 5.64. The minimum atomic E-state index is -0.683. The summed E-state index contributed by atoms with van der Waals surface area (Å²) in [6.45, 7) is 5.83. The van der Waals surface area contributed by atoms with Crippen molar-refractivity contribution in [2.24, 2.45) is 0 Å². The van der Waals surface area contributed by atoms with Crippen LogP contribution in [0, 0.1) is 18.6 Å². The van der Waals surface area contributed by atoms with Crippen LogP contribution < -0.4 is 5.32 Å². The van der Waals surface area contributed by atoms with Crippen LogP contribution in [0.4, 0.5) is 8.78 Å². The quantitative estimate of drug-likeness (QED) is 0.355. The van der Waals surface area contributed by atoms with Crippen LogP contribution in [0.3, 0.4) is 0 Å². The van der Waals surface area contributed by atoms with E-state index in [0.717, 1.165) is 52.3 Å². The largest absolute Gasteiger partial charge is 0.360 e. The molecule has 0 spiro atoms. The lowest BCUT2D eigenvalue weighted by molar-refractivity contribution is 0.591. The summed E-state index contributed by atoms with van der Waals surface area (Å²) >= 11 is 0. The van der Waals surface area contributed by atoms with Crippen molar-refractivity contribution in [1.82, 2.24) is 25.3 Å². The SMILES string of the molecule is CCNCc1cncc(-c2ccc3[nH]cc(-c4nc5c(F)cc(F)cc5[nH]4)c3c2)c1C. The number of halogens is 2. The molecule has 0 aliphatic heterocycles. The number of H-pyrrole nitrogens is 2. The molecule has 0 radical (unpaired) electrons. The maximum absolute atomic E-state index is 14.1. The lowest BCUT2D eigenvalue weighted by Gasteiger charge is -2.11. The van der Waals surface area contributed by atoms with Gasteiger partial charge in [-0.1, -0.05) is 13.0 Å². The molecule has 0 unspecified atom stereocenters. The fraction of sp³-hybridized carbons (Fsp3) is 0.167. The Bertz CT molecular complexity index is 1420. The van der Waals surface area contributed by atoms with E-state index in [1.807, 2.05) is 24.7 Å². The van der Waals surface area contributed by atoms with E-state index in [2.05, 4.69) is 51.2 Å². The summed E-state index contributed by atoms with van der Waals surface area (Å²) in [6.07, 6.45) is 5.59. The zero-order chi connectivity index (χ0) is 21.5. The van der Waals surface area contributed by atoms with E-state index in [9.17, 15) is 8.78 Å². The van der Waals surface area contributed by atoms with Gasteiger partial charge in [-0.05, 0) is 48.4 Å². The van der Waals surface area contributed by atoms with Crippen LogP contribution in [0.25, 0.3) is 44.5 Å². The van der Waals surface area contributed by atoms with Crippen molar-refractivity contribution < 1.29 is 8.78 Å². The highest BCUT2D eigenvalue weighted by atomic mass is 19.1. The molecule has 2 aromatic carbocycles. The first-order chi connectivity index (χ1) is 15.0. The highest BCUT2D eigenvalue weighted by molar-refractivity contribution is 5.98. The van der Waals surface area contributed by atoms with E-state index < -0.39 is 11.6 Å². The first kappa shape index (κ1) is 19.4. The predicted octanol–water partition coefficient (Wildman–Crippen LogP) is 5.47. The van der Waals surface area contributed by atoms with Gasteiger partial charge in [-0.25, -0.2) is 13.8 Å². The number of hydrogen-bond acceptors (Lipinski definition) is 3. The van der Waals surface area contributed by atoms with Gasteiger partial charge in [0, 0.05) is 53.2 Å². The van der Waals surface area contributed by atoms with Gasteiger partial charge in [-0.3, -0.25) is 4.98 Å². The van der Waals surface area contributed by atoms with Crippen LogP contribution in [0.1, 0.15) is 18.1 Å². The standard InChI is InChI=1S/C24H21F2N5/c1-3-27-9-15-10-28-11-18(13(15)2)14-4-5-21-17(6-14)19(12-29-21)24-30-22-8-16(25)7-20(26)23(22)31-24/h4-8,10-12,27,29H,3,9H2,1-2H3,(H,30,31). The number of nitrogens with zero attached hydrogens (tertiary/aromatic N) is 2. The summed E-state index contributed by atoms with van der Waals surface area (Å²) in [5.41, 5.74) is 6.60. The smallest absolute Gasteiger partial charge is 0.153 e. The van der Waals surface area contributed by atoms with Crippen LogP contribution in [-0.2, 0) is 6.54 Å². The van der Waals surface area contributed by atoms with Crippen LogP contribution in [0.5, 0.6) is 0 Å². The van der Waals surface area contributed by atoms with Gasteiger partial charge < -0.3 is 15.3 Å². The third-order valence-corrected chi connectivity index (χ3v) is 5.64. The molecule has 3 heterocycles. The lowest BCUT2D eigenvalue weighted by Crippen LogP contribution is -2.13. The van der Waals surface area contributed by atoms with Gasteiger partial charge in [0.2, 0.25) is 0 Å². The Hall–Kier alpha value is -3.58. The molecule has 7 heteroatoms. The fourth-order valence-corrected chi connectivity index (χ4v) is 3.95. The van der Waals surface area contributed by atoms with E-state index in [-0.39, 0.29) is 5.52 Å². The van der Waals surface area contributed by atoms with Gasteiger partial charge in [0.25, 0.3) is 0 Å².